The summed E-state index contributed by atoms with van der Waals surface area (Å²) in [4.78, 5) is 8.79. The maximum atomic E-state index is 4.89. The van der Waals surface area contributed by atoms with Crippen LogP contribution in [-0.2, 0) is 6.42 Å². The molecule has 2 aromatic rings. The van der Waals surface area contributed by atoms with Gasteiger partial charge in [-0.05, 0) is 55.0 Å². The topological polar surface area (TPSA) is 15.6 Å². The first-order chi connectivity index (χ1) is 12.4. The van der Waals surface area contributed by atoms with Crippen molar-refractivity contribution in [2.45, 2.75) is 32.1 Å². The Kier molecular flexibility index (Phi) is 6.98. The molecule has 2 aliphatic rings. The first-order valence-electron chi connectivity index (χ1n) is 9.24. The van der Waals surface area contributed by atoms with Crippen LogP contribution in [0.5, 0.6) is 0 Å². The van der Waals surface area contributed by atoms with Crippen molar-refractivity contribution in [2.24, 2.45) is 4.99 Å². The molecule has 0 radical (unpaired) electrons. The van der Waals surface area contributed by atoms with Gasteiger partial charge in [0.15, 0.2) is 5.17 Å². The molecule has 2 aliphatic heterocycles. The zero-order chi connectivity index (χ0) is 16.9. The highest BCUT2D eigenvalue weighted by atomic mass is 79.9. The van der Waals surface area contributed by atoms with E-state index in [-0.39, 0.29) is 17.0 Å². The van der Waals surface area contributed by atoms with E-state index in [1.54, 1.807) is 0 Å². The van der Waals surface area contributed by atoms with Crippen molar-refractivity contribution >= 4 is 38.8 Å². The van der Waals surface area contributed by atoms with Crippen LogP contribution in [0.4, 0.5) is 0 Å². The van der Waals surface area contributed by atoms with Crippen LogP contribution in [0.25, 0.3) is 4.91 Å². The molecule has 0 saturated heterocycles. The predicted molar refractivity (Wildman–Crippen MR) is 119 cm³/mol. The molecule has 136 valence electrons. The molecule has 0 aliphatic carbocycles. The molecule has 2 heterocycles. The molecular formula is C22H25BrN2S. The summed E-state index contributed by atoms with van der Waals surface area (Å²) in [5, 5.41) is 1.21. The third-order valence-electron chi connectivity index (χ3n) is 4.83. The van der Waals surface area contributed by atoms with Gasteiger partial charge in [0.2, 0.25) is 0 Å². The van der Waals surface area contributed by atoms with Crippen molar-refractivity contribution in [1.82, 2.24) is 4.90 Å². The molecule has 0 amide bonds. The lowest BCUT2D eigenvalue weighted by Crippen LogP contribution is -2.27. The first kappa shape index (κ1) is 19.2. The molecule has 0 unspecified atom stereocenters. The Morgan fingerprint density at radius 2 is 1.58 bits per heavy atom. The van der Waals surface area contributed by atoms with Crippen LogP contribution in [0.15, 0.2) is 71.4 Å². The quantitative estimate of drug-likeness (QED) is 0.579. The van der Waals surface area contributed by atoms with Crippen molar-refractivity contribution < 1.29 is 0 Å². The average molecular weight is 429 g/mol. The van der Waals surface area contributed by atoms with Crippen molar-refractivity contribution in [1.29, 1.82) is 0 Å². The van der Waals surface area contributed by atoms with Gasteiger partial charge >= 0.3 is 0 Å². The number of hydrogen-bond acceptors (Lipinski definition) is 3. The molecule has 4 rings (SSSR count). The largest absolute Gasteiger partial charge is 0.324 e. The molecule has 4 heteroatoms. The van der Waals surface area contributed by atoms with Gasteiger partial charge in [-0.25, -0.2) is 0 Å². The minimum Gasteiger partial charge on any atom is -0.324 e. The summed E-state index contributed by atoms with van der Waals surface area (Å²) in [6.45, 7) is 2.07. The number of aryl methyl sites for hydroxylation is 1. The third-order valence-corrected chi connectivity index (χ3v) is 6.04. The van der Waals surface area contributed by atoms with E-state index in [0.29, 0.717) is 0 Å². The zero-order valence-electron chi connectivity index (χ0n) is 14.9. The Labute approximate surface area is 171 Å². The molecule has 0 saturated carbocycles. The highest BCUT2D eigenvalue weighted by Gasteiger charge is 2.30. The Morgan fingerprint density at radius 1 is 0.846 bits per heavy atom. The van der Waals surface area contributed by atoms with E-state index in [4.69, 9.17) is 4.99 Å². The van der Waals surface area contributed by atoms with Crippen molar-refractivity contribution in [3.63, 3.8) is 0 Å². The first-order valence-corrected chi connectivity index (χ1v) is 10.1. The van der Waals surface area contributed by atoms with Gasteiger partial charge in [0.05, 0.1) is 0 Å². The summed E-state index contributed by atoms with van der Waals surface area (Å²) < 4.78 is 0. The monoisotopic (exact) mass is 428 g/mol. The Hall–Kier alpha value is -1.52. The van der Waals surface area contributed by atoms with Gasteiger partial charge in [-0.3, -0.25) is 4.99 Å². The summed E-state index contributed by atoms with van der Waals surface area (Å²) >= 11 is 1.87. The standard InChI is InChI=1S/C22H24N2S.BrH/c1-4-10-18(11-5-1)14-15-20-21(19-12-6-2-7-13-19)25-22-23-16-8-3-9-17-24(20)22;/h1-2,4-7,10-13H,3,8-9,14-17H2;1H/b23-22+;. The molecule has 26 heavy (non-hydrogen) atoms. The normalized spacial score (nSPS) is 19.1. The summed E-state index contributed by atoms with van der Waals surface area (Å²) in [6, 6.07) is 21.6. The fourth-order valence-corrected chi connectivity index (χ4v) is 4.73. The maximum Gasteiger partial charge on any atom is 0.168 e. The average Bonchev–Trinajstić information content (AvgIpc) is 2.98. The number of thioether (sulfide) groups is 1. The molecule has 0 spiro atoms. The van der Waals surface area contributed by atoms with Crippen LogP contribution in [-0.4, -0.2) is 23.2 Å². The third kappa shape index (κ3) is 4.41. The SMILES string of the molecule is Br.c1ccc(CCC2=C(c3ccccc3)S/C3=N/CCCCCN23)cc1. The Balaban J connectivity index is 0.00000196. The van der Waals surface area contributed by atoms with Gasteiger partial charge in [0.25, 0.3) is 0 Å². The van der Waals surface area contributed by atoms with Gasteiger partial charge in [-0.15, -0.1) is 17.0 Å². The lowest BCUT2D eigenvalue weighted by Gasteiger charge is -2.24. The molecule has 2 aromatic carbocycles. The number of nitrogens with zero attached hydrogens (tertiary/aromatic N) is 2. The van der Waals surface area contributed by atoms with Crippen LogP contribution >= 0.6 is 28.7 Å². The summed E-state index contributed by atoms with van der Waals surface area (Å²) in [7, 11) is 0. The van der Waals surface area contributed by atoms with Crippen LogP contribution in [0.2, 0.25) is 0 Å². The van der Waals surface area contributed by atoms with Crippen LogP contribution in [0.1, 0.15) is 36.8 Å². The lowest BCUT2D eigenvalue weighted by molar-refractivity contribution is 0.463. The highest BCUT2D eigenvalue weighted by Crippen LogP contribution is 2.43. The number of halogens is 1. The molecule has 0 aromatic heterocycles. The van der Waals surface area contributed by atoms with Gasteiger partial charge in [0, 0.05) is 23.7 Å². The number of amidine groups is 1. The fraction of sp³-hybridized carbons (Fsp3) is 0.318. The van der Waals surface area contributed by atoms with Crippen molar-refractivity contribution in [3.05, 3.63) is 77.5 Å². The number of hydrogen-bond donors (Lipinski definition) is 0. The molecule has 0 bridgehead atoms. The molecular weight excluding hydrogens is 404 g/mol. The second-order valence-electron chi connectivity index (χ2n) is 6.61. The highest BCUT2D eigenvalue weighted by molar-refractivity contribution is 8.93. The number of fused-ring (bicyclic) bond motifs is 1. The van der Waals surface area contributed by atoms with E-state index in [0.717, 1.165) is 25.9 Å². The summed E-state index contributed by atoms with van der Waals surface area (Å²) in [5.41, 5.74) is 4.19. The van der Waals surface area contributed by atoms with E-state index in [1.807, 2.05) is 11.8 Å². The van der Waals surface area contributed by atoms with E-state index in [2.05, 4.69) is 65.6 Å². The minimum atomic E-state index is 0. The second-order valence-corrected chi connectivity index (χ2v) is 7.58. The van der Waals surface area contributed by atoms with E-state index in [1.165, 1.54) is 46.2 Å². The lowest BCUT2D eigenvalue weighted by atomic mass is 10.0. The molecule has 0 N–H and O–H groups in total. The van der Waals surface area contributed by atoms with E-state index >= 15 is 0 Å². The molecule has 0 fully saturated rings. The van der Waals surface area contributed by atoms with Gasteiger partial charge in [-0.2, -0.15) is 0 Å². The summed E-state index contributed by atoms with van der Waals surface area (Å²) in [5.74, 6) is 0. The summed E-state index contributed by atoms with van der Waals surface area (Å²) in [6.07, 6.45) is 5.91. The van der Waals surface area contributed by atoms with Gasteiger partial charge < -0.3 is 4.90 Å². The minimum absolute atomic E-state index is 0. The Morgan fingerprint density at radius 3 is 2.35 bits per heavy atom. The number of allylic oxidation sites excluding steroid dienone is 1. The number of rotatable bonds is 4. The Bertz CT molecular complexity index is 771. The molecule has 2 nitrogen and oxygen atoms in total. The van der Waals surface area contributed by atoms with Crippen LogP contribution in [0, 0.1) is 0 Å². The number of benzene rings is 2. The fourth-order valence-electron chi connectivity index (χ4n) is 3.50. The van der Waals surface area contributed by atoms with Gasteiger partial charge in [-0.1, -0.05) is 60.7 Å². The predicted octanol–water partition coefficient (Wildman–Crippen LogP) is 6.15. The second kappa shape index (κ2) is 9.43. The van der Waals surface area contributed by atoms with Gasteiger partial charge in [0.1, 0.15) is 0 Å². The van der Waals surface area contributed by atoms with E-state index in [9.17, 15) is 0 Å². The van der Waals surface area contributed by atoms with Crippen LogP contribution < -0.4 is 0 Å². The van der Waals surface area contributed by atoms with Crippen LogP contribution in [0.3, 0.4) is 0 Å². The molecule has 0 atom stereocenters. The zero-order valence-corrected chi connectivity index (χ0v) is 17.5. The van der Waals surface area contributed by atoms with E-state index < -0.39 is 0 Å². The van der Waals surface area contributed by atoms with Crippen molar-refractivity contribution in [3.8, 4) is 0 Å². The maximum absolute atomic E-state index is 4.89. The van der Waals surface area contributed by atoms with Crippen molar-refractivity contribution in [2.75, 3.05) is 13.1 Å². The smallest absolute Gasteiger partial charge is 0.168 e. The number of aliphatic imine (C=N–C) groups is 1.